The Balaban J connectivity index is 1.53. The zero-order chi connectivity index (χ0) is 27.5. The Bertz CT molecular complexity index is 1500. The fourth-order valence-corrected chi connectivity index (χ4v) is 6.04. The average molecular weight is 530 g/mol. The first kappa shape index (κ1) is 25.6. The SMILES string of the molecule is O=C1N[C@@H](C(c2ccccc2)c2ccccc2)C(=O)N2CCC[C@@H]2C(=O)NCc2ccccc2-c2ccccc21. The van der Waals surface area contributed by atoms with Crippen LogP contribution in [0.5, 0.6) is 0 Å². The Labute approximate surface area is 234 Å². The lowest BCUT2D eigenvalue weighted by molar-refractivity contribution is -0.140. The van der Waals surface area contributed by atoms with Crippen LogP contribution in [0.15, 0.2) is 109 Å². The van der Waals surface area contributed by atoms with E-state index < -0.39 is 18.0 Å². The highest BCUT2D eigenvalue weighted by Crippen LogP contribution is 2.33. The minimum Gasteiger partial charge on any atom is -0.350 e. The van der Waals surface area contributed by atoms with E-state index in [1.165, 1.54) is 0 Å². The van der Waals surface area contributed by atoms with Crippen LogP contribution in [-0.2, 0) is 16.1 Å². The number of nitrogens with zero attached hydrogens (tertiary/aromatic N) is 1. The van der Waals surface area contributed by atoms with Crippen molar-refractivity contribution < 1.29 is 14.4 Å². The van der Waals surface area contributed by atoms with Gasteiger partial charge in [-0.05, 0) is 46.7 Å². The van der Waals surface area contributed by atoms with Gasteiger partial charge in [-0.2, -0.15) is 0 Å². The number of hydrogen-bond acceptors (Lipinski definition) is 3. The highest BCUT2D eigenvalue weighted by molar-refractivity contribution is 6.04. The van der Waals surface area contributed by atoms with Gasteiger partial charge in [0, 0.05) is 24.6 Å². The number of fused-ring (bicyclic) bond motifs is 4. The van der Waals surface area contributed by atoms with E-state index in [0.29, 0.717) is 25.1 Å². The largest absolute Gasteiger partial charge is 0.350 e. The molecule has 0 unspecified atom stereocenters. The van der Waals surface area contributed by atoms with E-state index in [0.717, 1.165) is 34.2 Å². The van der Waals surface area contributed by atoms with Crippen LogP contribution in [0.4, 0.5) is 0 Å². The Hall–Kier alpha value is -4.71. The summed E-state index contributed by atoms with van der Waals surface area (Å²) >= 11 is 0. The van der Waals surface area contributed by atoms with E-state index in [1.807, 2.05) is 103 Å². The number of carbonyl (C=O) groups excluding carboxylic acids is 3. The maximum absolute atomic E-state index is 14.5. The molecule has 6 rings (SSSR count). The zero-order valence-corrected chi connectivity index (χ0v) is 22.1. The van der Waals surface area contributed by atoms with Crippen LogP contribution in [0, 0.1) is 0 Å². The van der Waals surface area contributed by atoms with Gasteiger partial charge in [0.2, 0.25) is 11.8 Å². The molecule has 0 saturated carbocycles. The van der Waals surface area contributed by atoms with Crippen molar-refractivity contribution in [2.75, 3.05) is 6.54 Å². The smallest absolute Gasteiger partial charge is 0.252 e. The van der Waals surface area contributed by atoms with Gasteiger partial charge in [0.25, 0.3) is 5.91 Å². The van der Waals surface area contributed by atoms with Crippen molar-refractivity contribution in [1.29, 1.82) is 0 Å². The van der Waals surface area contributed by atoms with Crippen molar-refractivity contribution in [3.8, 4) is 11.1 Å². The Morgan fingerprint density at radius 2 is 1.25 bits per heavy atom. The molecule has 0 bridgehead atoms. The Kier molecular flexibility index (Phi) is 7.15. The lowest BCUT2D eigenvalue weighted by Crippen LogP contribution is -2.55. The number of benzene rings is 4. The highest BCUT2D eigenvalue weighted by Gasteiger charge is 2.42. The monoisotopic (exact) mass is 529 g/mol. The van der Waals surface area contributed by atoms with Crippen molar-refractivity contribution in [3.63, 3.8) is 0 Å². The van der Waals surface area contributed by atoms with Gasteiger partial charge in [0.05, 0.1) is 0 Å². The molecule has 0 spiro atoms. The summed E-state index contributed by atoms with van der Waals surface area (Å²) in [4.78, 5) is 43.8. The van der Waals surface area contributed by atoms with Crippen LogP contribution in [0.2, 0.25) is 0 Å². The minimum absolute atomic E-state index is 0.172. The van der Waals surface area contributed by atoms with Crippen molar-refractivity contribution in [3.05, 3.63) is 131 Å². The summed E-state index contributed by atoms with van der Waals surface area (Å²) in [7, 11) is 0. The third-order valence-electron chi connectivity index (χ3n) is 7.97. The van der Waals surface area contributed by atoms with Crippen molar-refractivity contribution >= 4 is 17.7 Å². The molecule has 6 heteroatoms. The van der Waals surface area contributed by atoms with Gasteiger partial charge < -0.3 is 15.5 Å². The second kappa shape index (κ2) is 11.2. The topological polar surface area (TPSA) is 78.5 Å². The third kappa shape index (κ3) is 4.89. The van der Waals surface area contributed by atoms with Crippen molar-refractivity contribution in [2.24, 2.45) is 0 Å². The first-order valence-electron chi connectivity index (χ1n) is 13.8. The minimum atomic E-state index is -0.922. The van der Waals surface area contributed by atoms with E-state index >= 15 is 0 Å². The van der Waals surface area contributed by atoms with Crippen LogP contribution in [0.25, 0.3) is 11.1 Å². The van der Waals surface area contributed by atoms with Gasteiger partial charge in [0.15, 0.2) is 0 Å². The maximum atomic E-state index is 14.5. The van der Waals surface area contributed by atoms with Crippen molar-refractivity contribution in [1.82, 2.24) is 15.5 Å². The molecule has 0 aromatic heterocycles. The zero-order valence-electron chi connectivity index (χ0n) is 22.1. The number of hydrogen-bond donors (Lipinski definition) is 2. The molecule has 3 amide bonds. The quantitative estimate of drug-likeness (QED) is 0.396. The predicted octanol–water partition coefficient (Wildman–Crippen LogP) is 4.90. The highest BCUT2D eigenvalue weighted by atomic mass is 16.2. The molecule has 4 aromatic carbocycles. The summed E-state index contributed by atoms with van der Waals surface area (Å²) in [6.45, 7) is 0.774. The normalized spacial score (nSPS) is 19.3. The molecule has 0 aliphatic carbocycles. The maximum Gasteiger partial charge on any atom is 0.252 e. The van der Waals surface area contributed by atoms with E-state index in [2.05, 4.69) is 10.6 Å². The first-order valence-corrected chi connectivity index (χ1v) is 13.8. The Morgan fingerprint density at radius 1 is 0.675 bits per heavy atom. The predicted molar refractivity (Wildman–Crippen MR) is 154 cm³/mol. The summed E-state index contributed by atoms with van der Waals surface area (Å²) < 4.78 is 0. The van der Waals surface area contributed by atoms with Crippen LogP contribution in [0.3, 0.4) is 0 Å². The number of nitrogens with one attached hydrogen (secondary N) is 2. The molecule has 0 radical (unpaired) electrons. The van der Waals surface area contributed by atoms with Crippen LogP contribution >= 0.6 is 0 Å². The van der Waals surface area contributed by atoms with E-state index in [-0.39, 0.29) is 17.7 Å². The van der Waals surface area contributed by atoms with Crippen molar-refractivity contribution in [2.45, 2.75) is 37.4 Å². The number of carbonyl (C=O) groups is 3. The Morgan fingerprint density at radius 3 is 1.93 bits per heavy atom. The van der Waals surface area contributed by atoms with E-state index in [4.69, 9.17) is 0 Å². The fourth-order valence-electron chi connectivity index (χ4n) is 6.04. The summed E-state index contributed by atoms with van der Waals surface area (Å²) in [6.07, 6.45) is 1.31. The van der Waals surface area contributed by atoms with E-state index in [9.17, 15) is 14.4 Å². The molecule has 2 heterocycles. The molecule has 1 saturated heterocycles. The molecule has 1 fully saturated rings. The van der Waals surface area contributed by atoms with E-state index in [1.54, 1.807) is 11.0 Å². The van der Waals surface area contributed by atoms with Gasteiger partial charge in [-0.3, -0.25) is 14.4 Å². The number of rotatable bonds is 3. The average Bonchev–Trinajstić information content (AvgIpc) is 3.50. The van der Waals surface area contributed by atoms with Gasteiger partial charge in [-0.15, -0.1) is 0 Å². The molecule has 4 aromatic rings. The summed E-state index contributed by atoms with van der Waals surface area (Å²) in [5.41, 5.74) is 4.85. The van der Waals surface area contributed by atoms with Gasteiger partial charge in [-0.1, -0.05) is 103 Å². The lowest BCUT2D eigenvalue weighted by Gasteiger charge is -2.33. The van der Waals surface area contributed by atoms with Crippen LogP contribution < -0.4 is 10.6 Å². The lowest BCUT2D eigenvalue weighted by atomic mass is 9.83. The third-order valence-corrected chi connectivity index (χ3v) is 7.97. The molecule has 40 heavy (non-hydrogen) atoms. The van der Waals surface area contributed by atoms with Gasteiger partial charge in [0.1, 0.15) is 12.1 Å². The number of amides is 3. The van der Waals surface area contributed by atoms with Crippen LogP contribution in [0.1, 0.15) is 45.8 Å². The second-order valence-corrected chi connectivity index (χ2v) is 10.4. The van der Waals surface area contributed by atoms with Crippen LogP contribution in [-0.4, -0.2) is 41.2 Å². The molecular formula is C34H31N3O3. The molecule has 200 valence electrons. The molecular weight excluding hydrogens is 498 g/mol. The fraction of sp³-hybridized carbons (Fsp3) is 0.206. The molecule has 2 aliphatic rings. The molecule has 2 N–H and O–H groups in total. The van der Waals surface area contributed by atoms with Gasteiger partial charge >= 0.3 is 0 Å². The molecule has 6 nitrogen and oxygen atoms in total. The molecule has 2 aliphatic heterocycles. The first-order chi connectivity index (χ1) is 19.6. The summed E-state index contributed by atoms with van der Waals surface area (Å²) in [5, 5.41) is 6.24. The second-order valence-electron chi connectivity index (χ2n) is 10.4. The summed E-state index contributed by atoms with van der Waals surface area (Å²) in [6, 6.07) is 33.3. The molecule has 2 atom stereocenters. The standard InChI is InChI=1S/C34H31N3O3/c38-32-28-19-10-9-18-27(28)26-17-8-7-16-25(26)22-35-33(39)29-20-11-21-37(29)34(40)31(36-32)30(23-12-3-1-4-13-23)24-14-5-2-6-15-24/h1-10,12-19,29-31H,11,20-22H2,(H,35,39)(H,36,38)/t29-,31+/m1/s1. The summed E-state index contributed by atoms with van der Waals surface area (Å²) in [5.74, 6) is -1.20. The van der Waals surface area contributed by atoms with Gasteiger partial charge in [-0.25, -0.2) is 0 Å².